The van der Waals surface area contributed by atoms with E-state index in [0.717, 1.165) is 52.9 Å². The zero-order chi connectivity index (χ0) is 23.8. The van der Waals surface area contributed by atoms with Crippen molar-refractivity contribution in [2.24, 2.45) is 11.8 Å². The van der Waals surface area contributed by atoms with Crippen LogP contribution in [0.5, 0.6) is 0 Å². The molecular weight excluding hydrogens is 451 g/mol. The number of halogens is 3. The second kappa shape index (κ2) is 9.27. The summed E-state index contributed by atoms with van der Waals surface area (Å²) in [5.74, 6) is 0.235. The van der Waals surface area contributed by atoms with Crippen molar-refractivity contribution in [2.45, 2.75) is 43.8 Å². The van der Waals surface area contributed by atoms with Crippen LogP contribution in [0.2, 0.25) is 0 Å². The molecule has 0 amide bonds. The SMILES string of the molecule is CN(C)S(=O)(=O)NC[C@H]1CC[C@@H]2[C@H](CC1)c1cc(C(F)(F)F)ccc1N[C@H]2c1ccccc1. The lowest BCUT2D eigenvalue weighted by atomic mass is 9.72. The molecule has 0 spiro atoms. The van der Waals surface area contributed by atoms with E-state index >= 15 is 0 Å². The molecule has 180 valence electrons. The first-order valence-electron chi connectivity index (χ1n) is 11.3. The van der Waals surface area contributed by atoms with Gasteiger partial charge in [0, 0.05) is 26.3 Å². The molecule has 1 fully saturated rings. The van der Waals surface area contributed by atoms with E-state index in [1.807, 2.05) is 18.2 Å². The highest BCUT2D eigenvalue weighted by Gasteiger charge is 2.41. The molecule has 0 unspecified atom stereocenters. The Balaban J connectivity index is 1.64. The third kappa shape index (κ3) is 5.20. The van der Waals surface area contributed by atoms with Crippen molar-refractivity contribution in [3.05, 3.63) is 65.2 Å². The van der Waals surface area contributed by atoms with E-state index < -0.39 is 21.9 Å². The standard InChI is InChI=1S/C24H30F3N3O2S/c1-30(2)33(31,32)28-15-16-8-11-19-20(12-9-16)23(17-6-4-3-5-7-17)29-22-13-10-18(14-21(19)22)24(25,26)27/h3-7,10,13-14,16,19-20,23,28-29H,8-9,11-12,15H2,1-2H3/t16-,19+,20-,23+/m1/s1. The maximum Gasteiger partial charge on any atom is 0.416 e. The monoisotopic (exact) mass is 481 g/mol. The summed E-state index contributed by atoms with van der Waals surface area (Å²) in [4.78, 5) is 0. The average molecular weight is 482 g/mol. The van der Waals surface area contributed by atoms with Gasteiger partial charge in [0.2, 0.25) is 0 Å². The third-order valence-corrected chi connectivity index (χ3v) is 8.52. The molecule has 2 aliphatic rings. The summed E-state index contributed by atoms with van der Waals surface area (Å²) < 4.78 is 68.5. The highest BCUT2D eigenvalue weighted by molar-refractivity contribution is 7.87. The van der Waals surface area contributed by atoms with E-state index in [9.17, 15) is 21.6 Å². The molecule has 2 aromatic rings. The van der Waals surface area contributed by atoms with Crippen LogP contribution in [0, 0.1) is 11.8 Å². The molecule has 2 aromatic carbocycles. The van der Waals surface area contributed by atoms with Crippen molar-refractivity contribution < 1.29 is 21.6 Å². The lowest BCUT2D eigenvalue weighted by molar-refractivity contribution is -0.137. The highest BCUT2D eigenvalue weighted by atomic mass is 32.2. The Morgan fingerprint density at radius 1 is 1.03 bits per heavy atom. The number of nitrogens with zero attached hydrogens (tertiary/aromatic N) is 1. The summed E-state index contributed by atoms with van der Waals surface area (Å²) in [5, 5.41) is 3.52. The Kier molecular flexibility index (Phi) is 6.75. The first kappa shape index (κ1) is 24.0. The number of hydrogen-bond donors (Lipinski definition) is 2. The van der Waals surface area contributed by atoms with Gasteiger partial charge < -0.3 is 5.32 Å². The largest absolute Gasteiger partial charge is 0.416 e. The lowest BCUT2D eigenvalue weighted by Gasteiger charge is -2.41. The second-order valence-corrected chi connectivity index (χ2v) is 11.2. The Labute approximate surface area is 193 Å². The minimum atomic E-state index is -4.39. The molecule has 0 saturated heterocycles. The number of anilines is 1. The van der Waals surface area contributed by atoms with Crippen molar-refractivity contribution in [3.63, 3.8) is 0 Å². The van der Waals surface area contributed by atoms with Gasteiger partial charge in [-0.3, -0.25) is 0 Å². The van der Waals surface area contributed by atoms with E-state index in [-0.39, 0.29) is 23.8 Å². The zero-order valence-electron chi connectivity index (χ0n) is 18.8. The molecular formula is C24H30F3N3O2S. The minimum Gasteiger partial charge on any atom is -0.378 e. The van der Waals surface area contributed by atoms with Crippen LogP contribution in [0.25, 0.3) is 0 Å². The molecule has 9 heteroatoms. The van der Waals surface area contributed by atoms with Gasteiger partial charge >= 0.3 is 6.18 Å². The van der Waals surface area contributed by atoms with E-state index in [0.29, 0.717) is 6.54 Å². The van der Waals surface area contributed by atoms with Gasteiger partial charge in [0.25, 0.3) is 10.2 Å². The van der Waals surface area contributed by atoms with Crippen molar-refractivity contribution in [3.8, 4) is 0 Å². The second-order valence-electron chi connectivity index (χ2n) is 9.26. The van der Waals surface area contributed by atoms with Gasteiger partial charge in [0.15, 0.2) is 0 Å². The number of fused-ring (bicyclic) bond motifs is 3. The summed E-state index contributed by atoms with van der Waals surface area (Å²) in [6.45, 7) is 0.332. The van der Waals surface area contributed by atoms with Gasteiger partial charge in [-0.25, -0.2) is 4.72 Å². The number of nitrogens with one attached hydrogen (secondary N) is 2. The normalized spacial score (nSPS) is 25.6. The maximum absolute atomic E-state index is 13.5. The predicted octanol–water partition coefficient (Wildman–Crippen LogP) is 5.16. The van der Waals surface area contributed by atoms with Crippen molar-refractivity contribution in [1.82, 2.24) is 9.03 Å². The Morgan fingerprint density at radius 2 is 1.73 bits per heavy atom. The van der Waals surface area contributed by atoms with Crippen LogP contribution in [0.15, 0.2) is 48.5 Å². The van der Waals surface area contributed by atoms with Crippen LogP contribution in [0.3, 0.4) is 0 Å². The van der Waals surface area contributed by atoms with Crippen molar-refractivity contribution in [1.29, 1.82) is 0 Å². The number of hydrogen-bond acceptors (Lipinski definition) is 3. The third-order valence-electron chi connectivity index (χ3n) is 7.02. The Hall–Kier alpha value is -2.10. The van der Waals surface area contributed by atoms with Crippen LogP contribution < -0.4 is 10.0 Å². The highest BCUT2D eigenvalue weighted by Crippen LogP contribution is 2.52. The quantitative estimate of drug-likeness (QED) is 0.620. The van der Waals surface area contributed by atoms with Crippen LogP contribution in [0.4, 0.5) is 18.9 Å². The molecule has 0 bridgehead atoms. The topological polar surface area (TPSA) is 61.4 Å². The molecule has 1 heterocycles. The van der Waals surface area contributed by atoms with Gasteiger partial charge in [0.1, 0.15) is 0 Å². The molecule has 4 rings (SSSR count). The molecule has 1 saturated carbocycles. The molecule has 4 atom stereocenters. The van der Waals surface area contributed by atoms with E-state index in [2.05, 4.69) is 22.2 Å². The summed E-state index contributed by atoms with van der Waals surface area (Å²) in [5.41, 5.74) is 1.96. The molecule has 1 aliphatic carbocycles. The summed E-state index contributed by atoms with van der Waals surface area (Å²) >= 11 is 0. The average Bonchev–Trinajstić information content (AvgIpc) is 3.00. The molecule has 0 aromatic heterocycles. The number of alkyl halides is 3. The van der Waals surface area contributed by atoms with Crippen LogP contribution in [-0.4, -0.2) is 33.4 Å². The first-order valence-corrected chi connectivity index (χ1v) is 12.7. The van der Waals surface area contributed by atoms with E-state index in [1.54, 1.807) is 6.07 Å². The fourth-order valence-electron chi connectivity index (χ4n) is 5.19. The zero-order valence-corrected chi connectivity index (χ0v) is 19.6. The van der Waals surface area contributed by atoms with Crippen LogP contribution >= 0.6 is 0 Å². The van der Waals surface area contributed by atoms with Crippen molar-refractivity contribution >= 4 is 15.9 Å². The summed E-state index contributed by atoms with van der Waals surface area (Å²) in [6, 6.07) is 14.0. The molecule has 1 aliphatic heterocycles. The number of rotatable bonds is 5. The van der Waals surface area contributed by atoms with Gasteiger partial charge in [-0.05, 0) is 72.8 Å². The Morgan fingerprint density at radius 3 is 2.39 bits per heavy atom. The predicted molar refractivity (Wildman–Crippen MR) is 123 cm³/mol. The lowest BCUT2D eigenvalue weighted by Crippen LogP contribution is -2.38. The van der Waals surface area contributed by atoms with Crippen LogP contribution in [0.1, 0.15) is 54.3 Å². The fourth-order valence-corrected chi connectivity index (χ4v) is 5.89. The van der Waals surface area contributed by atoms with E-state index in [4.69, 9.17) is 0 Å². The fraction of sp³-hybridized carbons (Fsp3) is 0.500. The number of benzene rings is 2. The van der Waals surface area contributed by atoms with Gasteiger partial charge in [-0.2, -0.15) is 25.9 Å². The molecule has 33 heavy (non-hydrogen) atoms. The molecule has 5 nitrogen and oxygen atoms in total. The molecule has 2 N–H and O–H groups in total. The van der Waals surface area contributed by atoms with Gasteiger partial charge in [-0.15, -0.1) is 0 Å². The smallest absolute Gasteiger partial charge is 0.378 e. The summed E-state index contributed by atoms with van der Waals surface area (Å²) in [7, 11) is -0.551. The van der Waals surface area contributed by atoms with Gasteiger partial charge in [0.05, 0.1) is 11.6 Å². The minimum absolute atomic E-state index is 0.00217. The Bertz CT molecular complexity index is 1070. The van der Waals surface area contributed by atoms with Crippen molar-refractivity contribution in [2.75, 3.05) is 26.0 Å². The van der Waals surface area contributed by atoms with Crippen LogP contribution in [-0.2, 0) is 16.4 Å². The van der Waals surface area contributed by atoms with Gasteiger partial charge in [-0.1, -0.05) is 30.3 Å². The van der Waals surface area contributed by atoms with E-state index in [1.165, 1.54) is 20.2 Å². The summed E-state index contributed by atoms with van der Waals surface area (Å²) in [6.07, 6.45) is -1.29. The molecule has 0 radical (unpaired) electrons. The first-order chi connectivity index (χ1) is 15.6. The maximum atomic E-state index is 13.5.